The van der Waals surface area contributed by atoms with E-state index in [2.05, 4.69) is 22.0 Å². The van der Waals surface area contributed by atoms with Crippen molar-refractivity contribution in [2.24, 2.45) is 5.92 Å². The standard InChI is InChI=1S/C18H24N2O3S/c21-18(14-1-2-16-17(9-14)23-12-22-16)19-10-13-3-6-20(7-4-13)15-5-8-24-11-15/h1-2,9,13,15H,3-8,10-12H2,(H,19,21)/t15-/m1/s1. The molecule has 0 saturated carbocycles. The Hall–Kier alpha value is -1.40. The van der Waals surface area contributed by atoms with E-state index in [4.69, 9.17) is 9.47 Å². The van der Waals surface area contributed by atoms with Gasteiger partial charge in [0.1, 0.15) is 0 Å². The summed E-state index contributed by atoms with van der Waals surface area (Å²) in [4.78, 5) is 15.0. The van der Waals surface area contributed by atoms with E-state index in [9.17, 15) is 4.79 Å². The second kappa shape index (κ2) is 7.23. The Morgan fingerprint density at radius 2 is 2.04 bits per heavy atom. The van der Waals surface area contributed by atoms with Gasteiger partial charge in [0, 0.05) is 23.9 Å². The van der Waals surface area contributed by atoms with Crippen LogP contribution in [0.5, 0.6) is 11.5 Å². The zero-order valence-corrected chi connectivity index (χ0v) is 14.6. The molecule has 0 aliphatic carbocycles. The first-order chi connectivity index (χ1) is 11.8. The van der Waals surface area contributed by atoms with Gasteiger partial charge in [-0.15, -0.1) is 0 Å². The fourth-order valence-electron chi connectivity index (χ4n) is 3.71. The minimum absolute atomic E-state index is 0.0251. The molecule has 6 heteroatoms. The van der Waals surface area contributed by atoms with Crippen molar-refractivity contribution >= 4 is 17.7 Å². The van der Waals surface area contributed by atoms with Gasteiger partial charge in [0.15, 0.2) is 11.5 Å². The Labute approximate surface area is 147 Å². The first-order valence-electron chi connectivity index (χ1n) is 8.79. The molecule has 0 bridgehead atoms. The summed E-state index contributed by atoms with van der Waals surface area (Å²) in [5.74, 6) is 4.55. The average Bonchev–Trinajstić information content (AvgIpc) is 3.30. The lowest BCUT2D eigenvalue weighted by molar-refractivity contribution is 0.0928. The van der Waals surface area contributed by atoms with Crippen LogP contribution in [0.15, 0.2) is 18.2 Å². The number of benzene rings is 1. The van der Waals surface area contributed by atoms with E-state index in [0.717, 1.165) is 12.6 Å². The Bertz CT molecular complexity index is 596. The molecular weight excluding hydrogens is 324 g/mol. The predicted octanol–water partition coefficient (Wildman–Crippen LogP) is 2.36. The number of amides is 1. The molecule has 0 radical (unpaired) electrons. The van der Waals surface area contributed by atoms with Gasteiger partial charge >= 0.3 is 0 Å². The van der Waals surface area contributed by atoms with Crippen molar-refractivity contribution in [1.82, 2.24) is 10.2 Å². The molecule has 130 valence electrons. The van der Waals surface area contributed by atoms with E-state index >= 15 is 0 Å². The van der Waals surface area contributed by atoms with Crippen LogP contribution in [-0.4, -0.2) is 54.8 Å². The molecule has 3 aliphatic rings. The summed E-state index contributed by atoms with van der Waals surface area (Å²) in [6.45, 7) is 3.35. The van der Waals surface area contributed by atoms with Gasteiger partial charge in [-0.3, -0.25) is 9.69 Å². The fraction of sp³-hybridized carbons (Fsp3) is 0.611. The molecule has 1 aromatic carbocycles. The number of nitrogens with zero attached hydrogens (tertiary/aromatic N) is 1. The number of thioether (sulfide) groups is 1. The number of piperidine rings is 1. The van der Waals surface area contributed by atoms with Crippen molar-refractivity contribution in [2.45, 2.75) is 25.3 Å². The number of fused-ring (bicyclic) bond motifs is 1. The van der Waals surface area contributed by atoms with E-state index in [1.807, 2.05) is 0 Å². The lowest BCUT2D eigenvalue weighted by Crippen LogP contribution is -2.43. The van der Waals surface area contributed by atoms with Gasteiger partial charge in [-0.1, -0.05) is 0 Å². The quantitative estimate of drug-likeness (QED) is 0.905. The van der Waals surface area contributed by atoms with Crippen LogP contribution in [-0.2, 0) is 0 Å². The minimum atomic E-state index is -0.0251. The van der Waals surface area contributed by atoms with Crippen molar-refractivity contribution in [3.8, 4) is 11.5 Å². The van der Waals surface area contributed by atoms with Gasteiger partial charge in [0.2, 0.25) is 6.79 Å². The summed E-state index contributed by atoms with van der Waals surface area (Å²) in [7, 11) is 0. The first-order valence-corrected chi connectivity index (χ1v) is 9.95. The molecule has 1 amide bonds. The first kappa shape index (κ1) is 16.1. The maximum atomic E-state index is 12.3. The number of hydrogen-bond acceptors (Lipinski definition) is 5. The summed E-state index contributed by atoms with van der Waals surface area (Å²) in [5, 5.41) is 3.09. The van der Waals surface area contributed by atoms with Crippen molar-refractivity contribution in [3.05, 3.63) is 23.8 Å². The lowest BCUT2D eigenvalue weighted by Gasteiger charge is -2.35. The average molecular weight is 348 g/mol. The highest BCUT2D eigenvalue weighted by Gasteiger charge is 2.27. The molecule has 0 aromatic heterocycles. The molecule has 4 rings (SSSR count). The molecule has 0 spiro atoms. The molecule has 1 N–H and O–H groups in total. The van der Waals surface area contributed by atoms with Crippen LogP contribution in [0, 0.1) is 5.92 Å². The molecule has 0 unspecified atom stereocenters. The van der Waals surface area contributed by atoms with E-state index in [0.29, 0.717) is 23.0 Å². The van der Waals surface area contributed by atoms with Crippen LogP contribution in [0.2, 0.25) is 0 Å². The highest BCUT2D eigenvalue weighted by atomic mass is 32.2. The minimum Gasteiger partial charge on any atom is -0.454 e. The van der Waals surface area contributed by atoms with Crippen molar-refractivity contribution in [2.75, 3.05) is 37.9 Å². The molecule has 1 aromatic rings. The number of carbonyl (C=O) groups excluding carboxylic acids is 1. The molecule has 24 heavy (non-hydrogen) atoms. The van der Waals surface area contributed by atoms with Crippen LogP contribution in [0.1, 0.15) is 29.6 Å². The maximum Gasteiger partial charge on any atom is 0.251 e. The van der Waals surface area contributed by atoms with Gasteiger partial charge in [0.25, 0.3) is 5.91 Å². The molecule has 2 saturated heterocycles. The number of ether oxygens (including phenoxy) is 2. The van der Waals surface area contributed by atoms with E-state index in [-0.39, 0.29) is 12.7 Å². The maximum absolute atomic E-state index is 12.3. The van der Waals surface area contributed by atoms with Crippen LogP contribution < -0.4 is 14.8 Å². The summed E-state index contributed by atoms with van der Waals surface area (Å²) in [5.41, 5.74) is 0.639. The van der Waals surface area contributed by atoms with Crippen molar-refractivity contribution in [3.63, 3.8) is 0 Å². The van der Waals surface area contributed by atoms with E-state index in [1.165, 1.54) is 43.9 Å². The predicted molar refractivity (Wildman–Crippen MR) is 94.9 cm³/mol. The molecule has 3 aliphatic heterocycles. The Morgan fingerprint density at radius 1 is 1.21 bits per heavy atom. The normalized spacial score (nSPS) is 24.2. The van der Waals surface area contributed by atoms with Gasteiger partial charge in [-0.05, 0) is 62.2 Å². The zero-order chi connectivity index (χ0) is 16.4. The summed E-state index contributed by atoms with van der Waals surface area (Å²) < 4.78 is 10.6. The third kappa shape index (κ3) is 3.49. The van der Waals surface area contributed by atoms with Gasteiger partial charge in [-0.2, -0.15) is 11.8 Å². The van der Waals surface area contributed by atoms with Gasteiger partial charge in [-0.25, -0.2) is 0 Å². The van der Waals surface area contributed by atoms with Crippen LogP contribution >= 0.6 is 11.8 Å². The Kier molecular flexibility index (Phi) is 4.85. The molecule has 2 fully saturated rings. The van der Waals surface area contributed by atoms with E-state index < -0.39 is 0 Å². The molecule has 1 atom stereocenters. The summed E-state index contributed by atoms with van der Waals surface area (Å²) in [6, 6.07) is 6.15. The highest BCUT2D eigenvalue weighted by molar-refractivity contribution is 7.99. The number of nitrogens with one attached hydrogen (secondary N) is 1. The largest absolute Gasteiger partial charge is 0.454 e. The number of hydrogen-bond donors (Lipinski definition) is 1. The van der Waals surface area contributed by atoms with E-state index in [1.54, 1.807) is 18.2 Å². The second-order valence-electron chi connectivity index (χ2n) is 6.77. The Morgan fingerprint density at radius 3 is 2.83 bits per heavy atom. The van der Waals surface area contributed by atoms with Crippen molar-refractivity contribution in [1.29, 1.82) is 0 Å². The van der Waals surface area contributed by atoms with Crippen LogP contribution in [0.4, 0.5) is 0 Å². The third-order valence-electron chi connectivity index (χ3n) is 5.26. The number of carbonyl (C=O) groups is 1. The van der Waals surface area contributed by atoms with Crippen molar-refractivity contribution < 1.29 is 14.3 Å². The topological polar surface area (TPSA) is 50.8 Å². The fourth-order valence-corrected chi connectivity index (χ4v) is 4.96. The smallest absolute Gasteiger partial charge is 0.251 e. The summed E-state index contributed by atoms with van der Waals surface area (Å²) in [6.07, 6.45) is 3.71. The zero-order valence-electron chi connectivity index (χ0n) is 13.8. The molecule has 5 nitrogen and oxygen atoms in total. The summed E-state index contributed by atoms with van der Waals surface area (Å²) >= 11 is 2.08. The van der Waals surface area contributed by atoms with Crippen LogP contribution in [0.3, 0.4) is 0 Å². The van der Waals surface area contributed by atoms with Crippen LogP contribution in [0.25, 0.3) is 0 Å². The number of rotatable bonds is 4. The Balaban J connectivity index is 1.24. The lowest BCUT2D eigenvalue weighted by atomic mass is 9.95. The highest BCUT2D eigenvalue weighted by Crippen LogP contribution is 2.32. The molecular formula is C18H24N2O3S. The number of likely N-dealkylation sites (tertiary alicyclic amines) is 1. The van der Waals surface area contributed by atoms with Gasteiger partial charge in [0.05, 0.1) is 0 Å². The third-order valence-corrected chi connectivity index (χ3v) is 6.40. The monoisotopic (exact) mass is 348 g/mol. The van der Waals surface area contributed by atoms with Gasteiger partial charge < -0.3 is 14.8 Å². The second-order valence-corrected chi connectivity index (χ2v) is 7.92. The molecule has 3 heterocycles. The SMILES string of the molecule is O=C(NCC1CCN([C@@H]2CCSC2)CC1)c1ccc2c(c1)OCO2.